The molecule has 0 aromatic heterocycles. The molecule has 0 spiro atoms. The van der Waals surface area contributed by atoms with Crippen molar-refractivity contribution in [1.82, 2.24) is 4.90 Å². The van der Waals surface area contributed by atoms with Crippen molar-refractivity contribution in [3.63, 3.8) is 0 Å². The highest BCUT2D eigenvalue weighted by atomic mass is 35.5. The Hall–Kier alpha value is -0.280. The lowest BCUT2D eigenvalue weighted by atomic mass is 10.4. The van der Waals surface area contributed by atoms with Crippen molar-refractivity contribution in [3.05, 3.63) is 0 Å². The van der Waals surface area contributed by atoms with E-state index in [4.69, 9.17) is 5.73 Å². The summed E-state index contributed by atoms with van der Waals surface area (Å²) in [5, 5.41) is 0. The molecule has 0 unspecified atom stereocenters. The van der Waals surface area contributed by atoms with Crippen LogP contribution in [0.1, 0.15) is 12.8 Å². The monoisotopic (exact) mass is 164 g/mol. The maximum atomic E-state index is 10.3. The highest BCUT2D eigenvalue weighted by Crippen LogP contribution is 2.05. The van der Waals surface area contributed by atoms with Gasteiger partial charge in [0.15, 0.2) is 0 Å². The van der Waals surface area contributed by atoms with Crippen LogP contribution in [0.3, 0.4) is 0 Å². The predicted octanol–water partition coefficient (Wildman–Crippen LogP) is -0.0107. The molecule has 1 amide bonds. The van der Waals surface area contributed by atoms with Crippen LogP contribution in [0.15, 0.2) is 0 Å². The third-order valence-electron chi connectivity index (χ3n) is 1.58. The van der Waals surface area contributed by atoms with Crippen molar-refractivity contribution in [2.24, 2.45) is 5.73 Å². The van der Waals surface area contributed by atoms with Crippen molar-refractivity contribution in [3.8, 4) is 0 Å². The van der Waals surface area contributed by atoms with Crippen LogP contribution in [0.5, 0.6) is 0 Å². The van der Waals surface area contributed by atoms with Gasteiger partial charge in [-0.15, -0.1) is 12.4 Å². The number of nitrogens with two attached hydrogens (primary N) is 1. The lowest BCUT2D eigenvalue weighted by Crippen LogP contribution is -2.31. The Morgan fingerprint density at radius 1 is 1.40 bits per heavy atom. The number of likely N-dealkylation sites (tertiary alicyclic amines) is 1. The van der Waals surface area contributed by atoms with Gasteiger partial charge in [-0.2, -0.15) is 0 Å². The second kappa shape index (κ2) is 4.52. The second-order valence-corrected chi connectivity index (χ2v) is 2.45. The fraction of sp³-hybridized carbons (Fsp3) is 0.833. The number of halogens is 1. The average Bonchev–Trinajstić information content (AvgIpc) is 2.15. The van der Waals surface area contributed by atoms with Gasteiger partial charge in [-0.1, -0.05) is 0 Å². The molecule has 0 saturated carbocycles. The molecule has 0 bridgehead atoms. The van der Waals surface area contributed by atoms with E-state index in [1.54, 1.807) is 0 Å². The number of carbonyl (C=O) groups excluding carboxylic acids is 1. The van der Waals surface area contributed by atoms with Crippen LogP contribution in [-0.2, 0) is 4.79 Å². The van der Waals surface area contributed by atoms with Gasteiger partial charge in [0.1, 0.15) is 0 Å². The Labute approximate surface area is 67.0 Å². The van der Waals surface area contributed by atoms with E-state index in [2.05, 4.69) is 4.90 Å². The zero-order valence-corrected chi connectivity index (χ0v) is 6.69. The summed E-state index contributed by atoms with van der Waals surface area (Å²) in [6.45, 7) is 2.53. The van der Waals surface area contributed by atoms with Crippen molar-refractivity contribution >= 4 is 18.3 Å². The number of nitrogens with zero attached hydrogens (tertiary/aromatic N) is 1. The first-order valence-corrected chi connectivity index (χ1v) is 3.30. The molecular weight excluding hydrogens is 152 g/mol. The smallest absolute Gasteiger partial charge is 0.231 e. The maximum absolute atomic E-state index is 10.3. The molecule has 0 atom stereocenters. The van der Waals surface area contributed by atoms with E-state index in [9.17, 15) is 4.79 Å². The van der Waals surface area contributed by atoms with Gasteiger partial charge in [0.25, 0.3) is 0 Å². The molecule has 0 aromatic rings. The summed E-state index contributed by atoms with van der Waals surface area (Å²) in [5.74, 6) is -0.211. The van der Waals surface area contributed by atoms with Gasteiger partial charge in [0.05, 0.1) is 6.54 Å². The molecule has 1 aliphatic heterocycles. The summed E-state index contributed by atoms with van der Waals surface area (Å²) in [5.41, 5.74) is 4.99. The number of hydrogen-bond acceptors (Lipinski definition) is 2. The Bertz CT molecular complexity index is 112. The quantitative estimate of drug-likeness (QED) is 0.624. The molecule has 1 heterocycles. The van der Waals surface area contributed by atoms with Gasteiger partial charge in [0, 0.05) is 0 Å². The summed E-state index contributed by atoms with van der Waals surface area (Å²) in [4.78, 5) is 12.4. The highest BCUT2D eigenvalue weighted by Gasteiger charge is 2.12. The number of carbonyl (C=O) groups is 1. The Kier molecular flexibility index (Phi) is 4.40. The first kappa shape index (κ1) is 9.72. The standard InChI is InChI=1S/C6H12N2O.ClH/c7-6(9)5-8-3-1-2-4-8;/h1-5H2,(H2,7,9);1H. The number of amides is 1. The topological polar surface area (TPSA) is 46.3 Å². The lowest BCUT2D eigenvalue weighted by molar-refractivity contribution is -0.118. The molecule has 4 heteroatoms. The SMILES string of the molecule is Cl.NC(=O)CN1CCCC1. The molecule has 2 N–H and O–H groups in total. The molecular formula is C6H13ClN2O. The molecule has 0 radical (unpaired) electrons. The number of primary amides is 1. The van der Waals surface area contributed by atoms with E-state index >= 15 is 0 Å². The summed E-state index contributed by atoms with van der Waals surface area (Å²) >= 11 is 0. The van der Waals surface area contributed by atoms with Gasteiger partial charge >= 0.3 is 0 Å². The molecule has 1 saturated heterocycles. The van der Waals surface area contributed by atoms with Crippen molar-refractivity contribution in [2.75, 3.05) is 19.6 Å². The van der Waals surface area contributed by atoms with Gasteiger partial charge in [-0.3, -0.25) is 9.69 Å². The van der Waals surface area contributed by atoms with E-state index in [0.717, 1.165) is 13.1 Å². The summed E-state index contributed by atoms with van der Waals surface area (Å²) in [6.07, 6.45) is 2.43. The predicted molar refractivity (Wildman–Crippen MR) is 42.1 cm³/mol. The molecule has 0 aromatic carbocycles. The lowest BCUT2D eigenvalue weighted by Gasteiger charge is -2.09. The van der Waals surface area contributed by atoms with Crippen molar-refractivity contribution < 1.29 is 4.79 Å². The summed E-state index contributed by atoms with van der Waals surface area (Å²) < 4.78 is 0. The van der Waals surface area contributed by atoms with Crippen LogP contribution in [0, 0.1) is 0 Å². The Morgan fingerprint density at radius 3 is 2.30 bits per heavy atom. The Balaban J connectivity index is 0.000000810. The van der Waals surface area contributed by atoms with E-state index < -0.39 is 0 Å². The summed E-state index contributed by atoms with van der Waals surface area (Å²) in [6, 6.07) is 0. The van der Waals surface area contributed by atoms with Crippen LogP contribution in [-0.4, -0.2) is 30.4 Å². The van der Waals surface area contributed by atoms with Crippen molar-refractivity contribution in [2.45, 2.75) is 12.8 Å². The van der Waals surface area contributed by atoms with Gasteiger partial charge < -0.3 is 5.73 Å². The third kappa shape index (κ3) is 3.03. The fourth-order valence-corrected chi connectivity index (χ4v) is 1.16. The zero-order valence-electron chi connectivity index (χ0n) is 5.88. The minimum Gasteiger partial charge on any atom is -0.369 e. The molecule has 1 fully saturated rings. The normalized spacial score (nSPS) is 18.4. The molecule has 1 aliphatic rings. The van der Waals surface area contributed by atoms with Gasteiger partial charge in [0.2, 0.25) is 5.91 Å². The van der Waals surface area contributed by atoms with Gasteiger partial charge in [-0.25, -0.2) is 0 Å². The molecule has 0 aliphatic carbocycles. The van der Waals surface area contributed by atoms with Gasteiger partial charge in [-0.05, 0) is 25.9 Å². The van der Waals surface area contributed by atoms with Crippen LogP contribution < -0.4 is 5.73 Å². The molecule has 3 nitrogen and oxygen atoms in total. The third-order valence-corrected chi connectivity index (χ3v) is 1.58. The van der Waals surface area contributed by atoms with E-state index in [0.29, 0.717) is 6.54 Å². The minimum absolute atomic E-state index is 0. The van der Waals surface area contributed by atoms with Crippen LogP contribution in [0.2, 0.25) is 0 Å². The fourth-order valence-electron chi connectivity index (χ4n) is 1.16. The zero-order chi connectivity index (χ0) is 6.69. The van der Waals surface area contributed by atoms with E-state index in [1.807, 2.05) is 0 Å². The number of hydrogen-bond donors (Lipinski definition) is 1. The molecule has 10 heavy (non-hydrogen) atoms. The van der Waals surface area contributed by atoms with Crippen LogP contribution in [0.4, 0.5) is 0 Å². The van der Waals surface area contributed by atoms with E-state index in [1.165, 1.54) is 12.8 Å². The highest BCUT2D eigenvalue weighted by molar-refractivity contribution is 5.85. The first-order valence-electron chi connectivity index (χ1n) is 3.30. The number of rotatable bonds is 2. The maximum Gasteiger partial charge on any atom is 0.231 e. The molecule has 60 valence electrons. The van der Waals surface area contributed by atoms with Crippen LogP contribution >= 0.6 is 12.4 Å². The van der Waals surface area contributed by atoms with Crippen LogP contribution in [0.25, 0.3) is 0 Å². The molecule has 1 rings (SSSR count). The van der Waals surface area contributed by atoms with E-state index in [-0.39, 0.29) is 18.3 Å². The minimum atomic E-state index is -0.211. The second-order valence-electron chi connectivity index (χ2n) is 2.45. The largest absolute Gasteiger partial charge is 0.369 e. The first-order chi connectivity index (χ1) is 4.29. The Morgan fingerprint density at radius 2 is 1.90 bits per heavy atom. The average molecular weight is 165 g/mol. The van der Waals surface area contributed by atoms with Crippen molar-refractivity contribution in [1.29, 1.82) is 0 Å². The summed E-state index contributed by atoms with van der Waals surface area (Å²) in [7, 11) is 0.